The van der Waals surface area contributed by atoms with Crippen LogP contribution >= 0.6 is 12.2 Å². The summed E-state index contributed by atoms with van der Waals surface area (Å²) in [5.74, 6) is -0.251. The predicted octanol–water partition coefficient (Wildman–Crippen LogP) is 3.92. The van der Waals surface area contributed by atoms with Crippen molar-refractivity contribution in [3.8, 4) is 0 Å². The van der Waals surface area contributed by atoms with Gasteiger partial charge in [-0.05, 0) is 58.9 Å². The number of carbonyl (C=O) groups is 1. The number of benzene rings is 1. The van der Waals surface area contributed by atoms with Gasteiger partial charge in [0, 0.05) is 13.0 Å². The van der Waals surface area contributed by atoms with E-state index in [1.165, 1.54) is 18.2 Å². The van der Waals surface area contributed by atoms with Crippen LogP contribution in [0.25, 0.3) is 0 Å². The van der Waals surface area contributed by atoms with Gasteiger partial charge < -0.3 is 14.8 Å². The summed E-state index contributed by atoms with van der Waals surface area (Å²) >= 11 is 5.42. The van der Waals surface area contributed by atoms with Gasteiger partial charge in [-0.3, -0.25) is 10.1 Å². The van der Waals surface area contributed by atoms with Crippen molar-refractivity contribution in [1.82, 2.24) is 10.6 Å². The first-order valence-corrected chi connectivity index (χ1v) is 10.4. The first kappa shape index (κ1) is 24.5. The minimum absolute atomic E-state index is 0.244. The molecule has 158 valence electrons. The number of rotatable bonds is 12. The van der Waals surface area contributed by atoms with E-state index in [9.17, 15) is 4.79 Å². The maximum Gasteiger partial charge on any atom is 0.322 e. The summed E-state index contributed by atoms with van der Waals surface area (Å²) in [4.78, 5) is 12.8. The summed E-state index contributed by atoms with van der Waals surface area (Å²) in [6.07, 6.45) is 4.36. The van der Waals surface area contributed by atoms with Gasteiger partial charge in [-0.2, -0.15) is 0 Å². The SMILES string of the molecule is COC(=O)C(CCCCNC(=S)CCc1ccc(C)cc1)NCOC(C)(C)C. The van der Waals surface area contributed by atoms with Crippen LogP contribution in [0.2, 0.25) is 0 Å². The molecule has 0 aliphatic carbocycles. The van der Waals surface area contributed by atoms with Gasteiger partial charge in [0.05, 0.1) is 24.4 Å². The fraction of sp³-hybridized carbons (Fsp3) is 0.636. The molecule has 0 radical (unpaired) electrons. The highest BCUT2D eigenvalue weighted by atomic mass is 32.1. The Labute approximate surface area is 175 Å². The van der Waals surface area contributed by atoms with Gasteiger partial charge in [-0.15, -0.1) is 0 Å². The molecule has 2 N–H and O–H groups in total. The van der Waals surface area contributed by atoms with Crippen LogP contribution in [0, 0.1) is 6.92 Å². The van der Waals surface area contributed by atoms with E-state index in [0.717, 1.165) is 37.2 Å². The highest BCUT2D eigenvalue weighted by Gasteiger charge is 2.19. The van der Waals surface area contributed by atoms with E-state index < -0.39 is 0 Å². The molecule has 1 aromatic rings. The number of ether oxygens (including phenoxy) is 2. The second-order valence-corrected chi connectivity index (χ2v) is 8.51. The second-order valence-electron chi connectivity index (χ2n) is 8.01. The summed E-state index contributed by atoms with van der Waals surface area (Å²) in [6.45, 7) is 9.18. The number of methoxy groups -OCH3 is 1. The molecule has 1 aromatic carbocycles. The molecule has 28 heavy (non-hydrogen) atoms. The standard InChI is InChI=1S/C22H36N2O3S/c1-17-9-11-18(12-10-17)13-14-20(28)23-15-7-6-8-19(21(25)26-5)24-16-27-22(2,3)4/h9-12,19,24H,6-8,13-16H2,1-5H3,(H,23,28). The molecule has 1 rings (SSSR count). The number of aryl methyl sites for hydroxylation is 2. The number of hydrogen-bond acceptors (Lipinski definition) is 5. The fourth-order valence-corrected chi connectivity index (χ4v) is 2.81. The Morgan fingerprint density at radius 1 is 1.18 bits per heavy atom. The molecule has 6 heteroatoms. The highest BCUT2D eigenvalue weighted by Crippen LogP contribution is 2.08. The quantitative estimate of drug-likeness (QED) is 0.237. The summed E-state index contributed by atoms with van der Waals surface area (Å²) in [5, 5.41) is 6.44. The topological polar surface area (TPSA) is 59.6 Å². The van der Waals surface area contributed by atoms with Gasteiger partial charge in [-0.1, -0.05) is 42.0 Å². The Bertz CT molecular complexity index is 597. The van der Waals surface area contributed by atoms with Crippen LogP contribution in [-0.2, 0) is 20.7 Å². The lowest BCUT2D eigenvalue weighted by Crippen LogP contribution is -2.41. The van der Waals surface area contributed by atoms with Crippen molar-refractivity contribution in [2.45, 2.75) is 71.4 Å². The molecular formula is C22H36N2O3S. The molecule has 0 heterocycles. The smallest absolute Gasteiger partial charge is 0.322 e. The number of carbonyl (C=O) groups excluding carboxylic acids is 1. The van der Waals surface area contributed by atoms with Gasteiger partial charge >= 0.3 is 5.97 Å². The number of unbranched alkanes of at least 4 members (excludes halogenated alkanes) is 1. The molecule has 0 aliphatic heterocycles. The van der Waals surface area contributed by atoms with Crippen LogP contribution < -0.4 is 10.6 Å². The Kier molecular flexibility index (Phi) is 11.3. The first-order chi connectivity index (χ1) is 13.2. The molecule has 0 bridgehead atoms. The van der Waals surface area contributed by atoms with Crippen molar-refractivity contribution in [2.75, 3.05) is 20.4 Å². The second kappa shape index (κ2) is 12.9. The number of thiocarbonyl (C=S) groups is 1. The molecule has 0 saturated carbocycles. The van der Waals surface area contributed by atoms with Crippen molar-refractivity contribution < 1.29 is 14.3 Å². The molecular weight excluding hydrogens is 372 g/mol. The van der Waals surface area contributed by atoms with Gasteiger partial charge in [0.2, 0.25) is 0 Å². The van der Waals surface area contributed by atoms with Gasteiger partial charge in [0.25, 0.3) is 0 Å². The maximum absolute atomic E-state index is 11.9. The van der Waals surface area contributed by atoms with Crippen molar-refractivity contribution >= 4 is 23.2 Å². The van der Waals surface area contributed by atoms with Gasteiger partial charge in [-0.25, -0.2) is 0 Å². The van der Waals surface area contributed by atoms with Gasteiger partial charge in [0.15, 0.2) is 0 Å². The third kappa shape index (κ3) is 11.4. The van der Waals surface area contributed by atoms with E-state index in [-0.39, 0.29) is 17.6 Å². The minimum atomic E-state index is -0.346. The van der Waals surface area contributed by atoms with Crippen LogP contribution in [0.15, 0.2) is 24.3 Å². The molecule has 0 spiro atoms. The average Bonchev–Trinajstić information content (AvgIpc) is 2.64. The van der Waals surface area contributed by atoms with E-state index in [4.69, 9.17) is 21.7 Å². The average molecular weight is 409 g/mol. The van der Waals surface area contributed by atoms with Crippen molar-refractivity contribution in [3.63, 3.8) is 0 Å². The molecule has 0 saturated heterocycles. The summed E-state index contributed by atoms with van der Waals surface area (Å²) in [5.41, 5.74) is 2.33. The summed E-state index contributed by atoms with van der Waals surface area (Å²) in [6, 6.07) is 8.22. The van der Waals surface area contributed by atoms with E-state index in [2.05, 4.69) is 41.8 Å². The zero-order valence-electron chi connectivity index (χ0n) is 18.0. The first-order valence-electron chi connectivity index (χ1n) is 9.98. The van der Waals surface area contributed by atoms with Crippen molar-refractivity contribution in [1.29, 1.82) is 0 Å². The lowest BCUT2D eigenvalue weighted by molar-refractivity contribution is -0.144. The number of esters is 1. The Hall–Kier alpha value is -1.50. The lowest BCUT2D eigenvalue weighted by Gasteiger charge is -2.22. The maximum atomic E-state index is 11.9. The molecule has 0 aromatic heterocycles. The zero-order valence-corrected chi connectivity index (χ0v) is 18.8. The molecule has 5 nitrogen and oxygen atoms in total. The molecule has 1 atom stereocenters. The number of hydrogen-bond donors (Lipinski definition) is 2. The number of nitrogens with one attached hydrogen (secondary N) is 2. The summed E-state index contributed by atoms with van der Waals surface area (Å²) < 4.78 is 10.5. The minimum Gasteiger partial charge on any atom is -0.468 e. The molecule has 0 fully saturated rings. The Morgan fingerprint density at radius 2 is 1.86 bits per heavy atom. The molecule has 0 aliphatic rings. The van der Waals surface area contributed by atoms with Crippen LogP contribution in [0.3, 0.4) is 0 Å². The highest BCUT2D eigenvalue weighted by molar-refractivity contribution is 7.80. The fourth-order valence-electron chi connectivity index (χ4n) is 2.61. The largest absolute Gasteiger partial charge is 0.468 e. The van der Waals surface area contributed by atoms with Crippen LogP contribution in [-0.4, -0.2) is 43.0 Å². The normalized spacial score (nSPS) is 12.5. The Morgan fingerprint density at radius 3 is 2.46 bits per heavy atom. The zero-order chi connectivity index (χ0) is 21.0. The Balaban J connectivity index is 2.20. The van der Waals surface area contributed by atoms with Crippen LogP contribution in [0.4, 0.5) is 0 Å². The molecule has 1 unspecified atom stereocenters. The van der Waals surface area contributed by atoms with Crippen LogP contribution in [0.1, 0.15) is 57.6 Å². The van der Waals surface area contributed by atoms with E-state index in [1.807, 2.05) is 20.8 Å². The third-order valence-electron chi connectivity index (χ3n) is 4.32. The van der Waals surface area contributed by atoms with Gasteiger partial charge in [0.1, 0.15) is 6.04 Å². The monoisotopic (exact) mass is 408 g/mol. The molecule has 0 amide bonds. The van der Waals surface area contributed by atoms with E-state index in [1.54, 1.807) is 0 Å². The predicted molar refractivity (Wildman–Crippen MR) is 119 cm³/mol. The van der Waals surface area contributed by atoms with E-state index in [0.29, 0.717) is 13.2 Å². The van der Waals surface area contributed by atoms with Crippen LogP contribution in [0.5, 0.6) is 0 Å². The lowest BCUT2D eigenvalue weighted by atomic mass is 10.1. The van der Waals surface area contributed by atoms with Crippen molar-refractivity contribution in [3.05, 3.63) is 35.4 Å². The summed E-state index contributed by atoms with van der Waals surface area (Å²) in [7, 11) is 1.41. The van der Waals surface area contributed by atoms with E-state index >= 15 is 0 Å². The van der Waals surface area contributed by atoms with Crippen molar-refractivity contribution in [2.24, 2.45) is 0 Å². The third-order valence-corrected chi connectivity index (χ3v) is 4.67.